The van der Waals surface area contributed by atoms with Crippen LogP contribution in [-0.4, -0.2) is 21.0 Å². The van der Waals surface area contributed by atoms with Crippen molar-refractivity contribution in [1.82, 2.24) is 15.0 Å². The number of fused-ring (bicyclic) bond motifs is 9. The second-order valence-corrected chi connectivity index (χ2v) is 15.8. The Labute approximate surface area is 332 Å². The molecule has 12 rings (SSSR count). The molecule has 2 atom stereocenters. The predicted octanol–water partition coefficient (Wildman–Crippen LogP) is 13.5. The summed E-state index contributed by atoms with van der Waals surface area (Å²) in [6, 6.07) is 55.7. The molecule has 2 unspecified atom stereocenters. The third-order valence-corrected chi connectivity index (χ3v) is 12.6. The summed E-state index contributed by atoms with van der Waals surface area (Å²) in [5.41, 5.74) is 10.6. The molecule has 6 heteroatoms. The van der Waals surface area contributed by atoms with Gasteiger partial charge in [-0.15, -0.1) is 11.3 Å². The standard InChI is InChI=1S/C51H32N4OS/c1-3-13-31(14-4-1)49-52-50(32-15-5-2-6-16-32)54-51(53-49)39-20-11-23-44-47(39)40-29-33(25-28-43(40)56-44)35-19-12-24-45-48(35)38-27-26-34(30-46(38)57-45)55-41-21-9-7-17-36(41)37-18-8-10-22-42(37)55/h1-30,36,41H. The van der Waals surface area contributed by atoms with Gasteiger partial charge in [-0.1, -0.05) is 140 Å². The first kappa shape index (κ1) is 32.1. The van der Waals surface area contributed by atoms with E-state index in [1.807, 2.05) is 84.1 Å². The lowest BCUT2D eigenvalue weighted by Gasteiger charge is -2.28. The molecule has 0 saturated heterocycles. The number of allylic oxidation sites excluding steroid dienone is 2. The van der Waals surface area contributed by atoms with Gasteiger partial charge in [0.1, 0.15) is 11.2 Å². The van der Waals surface area contributed by atoms with Gasteiger partial charge in [0, 0.05) is 64.9 Å². The number of rotatable bonds is 5. The summed E-state index contributed by atoms with van der Waals surface area (Å²) in [5.74, 6) is 2.22. The van der Waals surface area contributed by atoms with Crippen molar-refractivity contribution >= 4 is 64.8 Å². The molecule has 1 aliphatic heterocycles. The average Bonchev–Trinajstić information content (AvgIpc) is 3.96. The first-order valence-corrected chi connectivity index (χ1v) is 20.1. The van der Waals surface area contributed by atoms with Crippen molar-refractivity contribution in [3.05, 3.63) is 188 Å². The molecular formula is C51H32N4OS. The highest BCUT2D eigenvalue weighted by molar-refractivity contribution is 7.26. The molecule has 0 radical (unpaired) electrons. The maximum atomic E-state index is 6.52. The Hall–Kier alpha value is -7.15. The van der Waals surface area contributed by atoms with Crippen LogP contribution in [0.3, 0.4) is 0 Å². The fraction of sp³-hybridized carbons (Fsp3) is 0.0392. The van der Waals surface area contributed by atoms with Crippen LogP contribution in [0.2, 0.25) is 0 Å². The van der Waals surface area contributed by atoms with E-state index in [9.17, 15) is 0 Å². The van der Waals surface area contributed by atoms with Crippen LogP contribution >= 0.6 is 11.3 Å². The molecule has 5 nitrogen and oxygen atoms in total. The topological polar surface area (TPSA) is 55.1 Å². The molecule has 2 aliphatic rings. The number of thiophene rings is 1. The van der Waals surface area contributed by atoms with Crippen LogP contribution in [0, 0.1) is 0 Å². The Bertz CT molecular complexity index is 3210. The minimum atomic E-state index is 0.267. The van der Waals surface area contributed by atoms with E-state index in [4.69, 9.17) is 19.4 Å². The maximum Gasteiger partial charge on any atom is 0.164 e. The summed E-state index contributed by atoms with van der Waals surface area (Å²) < 4.78 is 9.07. The molecule has 0 saturated carbocycles. The SMILES string of the molecule is C1=CC2c3ccccc3N(c3ccc4c(c3)sc3cccc(-c5ccc6oc7cccc(-c8nc(-c9ccccc9)nc(-c9ccccc9)n8)c7c6c5)c34)C2C=C1. The number of furan rings is 1. The van der Waals surface area contributed by atoms with Gasteiger partial charge in [0.15, 0.2) is 17.5 Å². The van der Waals surface area contributed by atoms with Crippen LogP contribution in [0.5, 0.6) is 0 Å². The van der Waals surface area contributed by atoms with Gasteiger partial charge in [0.25, 0.3) is 0 Å². The fourth-order valence-corrected chi connectivity index (χ4v) is 10.1. The van der Waals surface area contributed by atoms with Gasteiger partial charge in [-0.3, -0.25) is 0 Å². The second-order valence-electron chi connectivity index (χ2n) is 14.7. The molecule has 4 heterocycles. The van der Waals surface area contributed by atoms with E-state index in [1.54, 1.807) is 0 Å². The lowest BCUT2D eigenvalue weighted by atomic mass is 9.91. The van der Waals surface area contributed by atoms with Crippen LogP contribution in [0.4, 0.5) is 11.4 Å². The highest BCUT2D eigenvalue weighted by Crippen LogP contribution is 2.49. The summed E-state index contributed by atoms with van der Waals surface area (Å²) in [5, 5.41) is 4.55. The zero-order valence-electron chi connectivity index (χ0n) is 30.6. The molecular weight excluding hydrogens is 717 g/mol. The van der Waals surface area contributed by atoms with Crippen LogP contribution < -0.4 is 4.90 Å². The summed E-state index contributed by atoms with van der Waals surface area (Å²) in [6.45, 7) is 0. The molecule has 0 spiro atoms. The third kappa shape index (κ3) is 5.11. The van der Waals surface area contributed by atoms with Gasteiger partial charge in [-0.25, -0.2) is 15.0 Å². The predicted molar refractivity (Wildman–Crippen MR) is 235 cm³/mol. The fourth-order valence-electron chi connectivity index (χ4n) is 8.90. The Kier molecular flexibility index (Phi) is 7.16. The largest absolute Gasteiger partial charge is 0.456 e. The van der Waals surface area contributed by atoms with E-state index in [0.717, 1.165) is 44.2 Å². The zero-order chi connectivity index (χ0) is 37.5. The molecule has 0 fully saturated rings. The monoisotopic (exact) mass is 748 g/mol. The van der Waals surface area contributed by atoms with E-state index >= 15 is 0 Å². The molecule has 10 aromatic rings. The molecule has 57 heavy (non-hydrogen) atoms. The average molecular weight is 749 g/mol. The van der Waals surface area contributed by atoms with Crippen LogP contribution in [0.25, 0.3) is 87.4 Å². The quantitative estimate of drug-likeness (QED) is 0.175. The van der Waals surface area contributed by atoms with E-state index in [2.05, 4.69) is 114 Å². The summed E-state index contributed by atoms with van der Waals surface area (Å²) in [4.78, 5) is 17.6. The maximum absolute atomic E-state index is 6.52. The van der Waals surface area contributed by atoms with Gasteiger partial charge in [-0.2, -0.15) is 0 Å². The normalized spacial score (nSPS) is 15.9. The molecule has 0 amide bonds. The molecule has 268 valence electrons. The number of benzene rings is 7. The lowest BCUT2D eigenvalue weighted by molar-refractivity contribution is 0.669. The van der Waals surface area contributed by atoms with Crippen LogP contribution in [0.1, 0.15) is 11.5 Å². The molecule has 0 N–H and O–H groups in total. The number of nitrogens with zero attached hydrogens (tertiary/aromatic N) is 4. The van der Waals surface area contributed by atoms with E-state index < -0.39 is 0 Å². The van der Waals surface area contributed by atoms with Crippen molar-refractivity contribution in [3.8, 4) is 45.3 Å². The summed E-state index contributed by atoms with van der Waals surface area (Å²) in [6.07, 6.45) is 9.04. The Morgan fingerprint density at radius 1 is 0.491 bits per heavy atom. The molecule has 7 aromatic carbocycles. The third-order valence-electron chi connectivity index (χ3n) is 11.5. The van der Waals surface area contributed by atoms with Crippen molar-refractivity contribution in [2.75, 3.05) is 4.90 Å². The first-order valence-electron chi connectivity index (χ1n) is 19.3. The number of para-hydroxylation sites is 1. The number of hydrogen-bond donors (Lipinski definition) is 0. The highest BCUT2D eigenvalue weighted by atomic mass is 32.1. The van der Waals surface area contributed by atoms with E-state index in [1.165, 1.54) is 42.7 Å². The highest BCUT2D eigenvalue weighted by Gasteiger charge is 2.37. The van der Waals surface area contributed by atoms with Gasteiger partial charge in [-0.05, 0) is 59.2 Å². The molecule has 0 bridgehead atoms. The minimum Gasteiger partial charge on any atom is -0.456 e. The Morgan fingerprint density at radius 3 is 2.04 bits per heavy atom. The second kappa shape index (κ2) is 12.7. The Morgan fingerprint density at radius 2 is 1.21 bits per heavy atom. The van der Waals surface area contributed by atoms with Gasteiger partial charge in [0.05, 0.1) is 6.04 Å². The number of anilines is 2. The van der Waals surface area contributed by atoms with Crippen molar-refractivity contribution in [2.24, 2.45) is 0 Å². The number of aromatic nitrogens is 3. The van der Waals surface area contributed by atoms with E-state index in [-0.39, 0.29) is 6.04 Å². The summed E-state index contributed by atoms with van der Waals surface area (Å²) in [7, 11) is 0. The molecule has 1 aliphatic carbocycles. The van der Waals surface area contributed by atoms with Gasteiger partial charge < -0.3 is 9.32 Å². The minimum absolute atomic E-state index is 0.267. The zero-order valence-corrected chi connectivity index (χ0v) is 31.4. The van der Waals surface area contributed by atoms with Gasteiger partial charge >= 0.3 is 0 Å². The van der Waals surface area contributed by atoms with E-state index in [0.29, 0.717) is 23.4 Å². The number of hydrogen-bond acceptors (Lipinski definition) is 6. The van der Waals surface area contributed by atoms with Crippen LogP contribution in [0.15, 0.2) is 186 Å². The Balaban J connectivity index is 1.00. The molecule has 3 aromatic heterocycles. The lowest BCUT2D eigenvalue weighted by Crippen LogP contribution is -2.28. The van der Waals surface area contributed by atoms with Crippen molar-refractivity contribution in [2.45, 2.75) is 12.0 Å². The smallest absolute Gasteiger partial charge is 0.164 e. The first-order chi connectivity index (χ1) is 28.2. The summed E-state index contributed by atoms with van der Waals surface area (Å²) >= 11 is 1.86. The van der Waals surface area contributed by atoms with Crippen molar-refractivity contribution < 1.29 is 4.42 Å². The van der Waals surface area contributed by atoms with Crippen LogP contribution in [-0.2, 0) is 0 Å². The van der Waals surface area contributed by atoms with Crippen molar-refractivity contribution in [1.29, 1.82) is 0 Å². The van der Waals surface area contributed by atoms with Crippen molar-refractivity contribution in [3.63, 3.8) is 0 Å². The van der Waals surface area contributed by atoms with Gasteiger partial charge in [0.2, 0.25) is 0 Å².